The van der Waals surface area contributed by atoms with Gasteiger partial charge in [-0.15, -0.1) is 0 Å². The normalized spacial score (nSPS) is 16.6. The van der Waals surface area contributed by atoms with Gasteiger partial charge in [0.2, 0.25) is 0 Å². The number of benzene rings is 8. The first kappa shape index (κ1) is 59.9. The van der Waals surface area contributed by atoms with Crippen LogP contribution in [0.25, 0.3) is 11.1 Å². The number of anilines is 3. The minimum atomic E-state index is -5.17. The van der Waals surface area contributed by atoms with Gasteiger partial charge in [-0.1, -0.05) is 55.1 Å². The molecule has 4 heterocycles. The highest BCUT2D eigenvalue weighted by Gasteiger charge is 2.57. The molecule has 5 aliphatic rings. The molecule has 1 saturated carbocycles. The molecule has 0 aromatic heterocycles. The molecule has 0 bridgehead atoms. The van der Waals surface area contributed by atoms with Crippen molar-refractivity contribution in [2.75, 3.05) is 21.7 Å². The molecule has 1 fully saturated rings. The van der Waals surface area contributed by atoms with E-state index in [0.717, 1.165) is 109 Å². The molecule has 21 heteroatoms. The van der Waals surface area contributed by atoms with Crippen molar-refractivity contribution in [2.45, 2.75) is 63.2 Å². The second-order valence-corrected chi connectivity index (χ2v) is 23.6. The van der Waals surface area contributed by atoms with Crippen LogP contribution in [-0.2, 0) is 22.0 Å². The molecule has 4 aliphatic heterocycles. The lowest BCUT2D eigenvalue weighted by Crippen LogP contribution is -2.41. The van der Waals surface area contributed by atoms with Crippen LogP contribution >= 0.6 is 0 Å². The summed E-state index contributed by atoms with van der Waals surface area (Å²) in [7, 11) is 1.18. The Hall–Kier alpha value is -11.1. The first-order chi connectivity index (χ1) is 43.6. The average Bonchev–Trinajstić information content (AvgIpc) is 1.44. The summed E-state index contributed by atoms with van der Waals surface area (Å²) in [4.78, 5) is 128. The van der Waals surface area contributed by atoms with Crippen LogP contribution in [-0.4, -0.2) is 77.5 Å². The van der Waals surface area contributed by atoms with Crippen LogP contribution in [0.1, 0.15) is 144 Å². The summed E-state index contributed by atoms with van der Waals surface area (Å²) in [6.45, 7) is 6.63. The number of rotatable bonds is 14. The van der Waals surface area contributed by atoms with Crippen LogP contribution in [0.5, 0.6) is 17.2 Å². The van der Waals surface area contributed by atoms with Gasteiger partial charge in [-0.2, -0.15) is 26.3 Å². The molecular weight excluding hydrogens is 1200 g/mol. The number of amides is 8. The number of hydrogen-bond donors (Lipinski definition) is 0. The van der Waals surface area contributed by atoms with Gasteiger partial charge in [0.1, 0.15) is 28.1 Å². The fourth-order valence-electron chi connectivity index (χ4n) is 12.1. The molecule has 1 aliphatic carbocycles. The second-order valence-electron chi connectivity index (χ2n) is 23.6. The Morgan fingerprint density at radius 3 is 1.17 bits per heavy atom. The van der Waals surface area contributed by atoms with E-state index in [1.54, 1.807) is 12.1 Å². The van der Waals surface area contributed by atoms with Crippen LogP contribution in [0.2, 0.25) is 0 Å². The topological polar surface area (TPSA) is 185 Å². The summed E-state index contributed by atoms with van der Waals surface area (Å²) >= 11 is 0. The number of carbonyl (C=O) groups is 9. The van der Waals surface area contributed by atoms with Gasteiger partial charge in [0.25, 0.3) is 47.3 Å². The van der Waals surface area contributed by atoms with Crippen LogP contribution in [0, 0.1) is 5.92 Å². The maximum atomic E-state index is 16.0. The Bertz CT molecular complexity index is 4650. The predicted molar refractivity (Wildman–Crippen MR) is 322 cm³/mol. The molecule has 2 atom stereocenters. The lowest BCUT2D eigenvalue weighted by atomic mass is 9.74. The third-order valence-corrected chi connectivity index (χ3v) is 17.8. The van der Waals surface area contributed by atoms with Gasteiger partial charge in [-0.3, -0.25) is 43.3 Å². The smallest absolute Gasteiger partial charge is 0.402 e. The quantitative estimate of drug-likeness (QED) is 0.0332. The molecule has 15 nitrogen and oxygen atoms in total. The number of fused-ring (bicyclic) bond motifs is 4. The molecule has 0 radical (unpaired) electrons. The molecule has 8 aromatic rings. The van der Waals surface area contributed by atoms with Crippen molar-refractivity contribution in [1.82, 2.24) is 4.90 Å². The highest BCUT2D eigenvalue weighted by Crippen LogP contribution is 2.51. The molecular formula is C71H48F6N4O11. The van der Waals surface area contributed by atoms with Crippen molar-refractivity contribution in [2.24, 2.45) is 5.92 Å². The van der Waals surface area contributed by atoms with Gasteiger partial charge in [0, 0.05) is 12.6 Å². The minimum Gasteiger partial charge on any atom is -0.457 e. The van der Waals surface area contributed by atoms with Gasteiger partial charge < -0.3 is 9.47 Å². The van der Waals surface area contributed by atoms with E-state index in [9.17, 15) is 43.2 Å². The van der Waals surface area contributed by atoms with Gasteiger partial charge in [-0.25, -0.2) is 19.5 Å². The number of hydrogen-bond acceptors (Lipinski definition) is 11. The Kier molecular flexibility index (Phi) is 13.8. The van der Waals surface area contributed by atoms with Crippen LogP contribution in [0.3, 0.4) is 0 Å². The molecule has 92 heavy (non-hydrogen) atoms. The van der Waals surface area contributed by atoms with Gasteiger partial charge in [0.15, 0.2) is 0 Å². The third-order valence-electron chi connectivity index (χ3n) is 17.8. The van der Waals surface area contributed by atoms with Crippen LogP contribution in [0.4, 0.5) is 43.4 Å². The summed E-state index contributed by atoms with van der Waals surface area (Å²) in [6, 6.07) is 35.2. The molecule has 0 N–H and O–H groups in total. The number of imide groups is 4. The molecule has 8 amide bonds. The van der Waals surface area contributed by atoms with Crippen molar-refractivity contribution >= 4 is 70.3 Å². The van der Waals surface area contributed by atoms with E-state index in [-0.39, 0.29) is 72.9 Å². The van der Waals surface area contributed by atoms with Crippen molar-refractivity contribution in [3.8, 4) is 28.4 Å². The summed E-state index contributed by atoms with van der Waals surface area (Å²) in [5.74, 6) is -6.63. The zero-order valence-corrected chi connectivity index (χ0v) is 49.0. The third kappa shape index (κ3) is 9.55. The van der Waals surface area contributed by atoms with Crippen LogP contribution < -0.4 is 24.2 Å². The molecule has 0 spiro atoms. The number of esters is 1. The molecule has 0 saturated heterocycles. The maximum absolute atomic E-state index is 16.0. The number of carbonyl (C=O) groups excluding carboxylic acids is 9. The predicted octanol–water partition coefficient (Wildman–Crippen LogP) is 13.9. The van der Waals surface area contributed by atoms with Gasteiger partial charge >= 0.3 is 18.3 Å². The fourth-order valence-corrected chi connectivity index (χ4v) is 12.1. The van der Waals surface area contributed by atoms with E-state index >= 15 is 26.3 Å². The zero-order chi connectivity index (χ0) is 65.4. The molecule has 8 aromatic carbocycles. The summed E-state index contributed by atoms with van der Waals surface area (Å²) in [6.07, 6.45) is -6.86. The number of nitrogens with zero attached hydrogens (tertiary/aromatic N) is 4. The van der Waals surface area contributed by atoms with E-state index in [1.165, 1.54) is 80.9 Å². The highest BCUT2D eigenvalue weighted by molar-refractivity contribution is 6.37. The lowest BCUT2D eigenvalue weighted by molar-refractivity contribution is -0.173. The number of ether oxygens (including phenoxy) is 2. The first-order valence-corrected chi connectivity index (χ1v) is 28.8. The Balaban J connectivity index is 0.823. The minimum absolute atomic E-state index is 0.0597. The fraction of sp³-hybridized carbons (Fsp3) is 0.169. The summed E-state index contributed by atoms with van der Waals surface area (Å²) in [5.41, 5.74) is -9.42. The van der Waals surface area contributed by atoms with Crippen molar-refractivity contribution in [3.05, 3.63) is 248 Å². The number of halogens is 6. The standard InChI is InChI=1S/C71H48F6N4O11/c1-36(2)67(90)92-50-20-10-39(11-21-50)40-29-46(80-62(85)53-26-14-43(33-57(53)65(80)88)68(3,70(72,73)74)41-12-24-51-55(31-41)60(83)78(5)59(51)82)35-47(30-40)81-63(86)54-27-15-44(34-58(54)66(81)89)69(4,71(75,76)77)42-13-25-52-56(32-42)64(87)79(61(52)84)45-16-22-49(23-17-45)91-48-18-8-38(9-19-48)28-37-6-7-37/h8-27,29-35,37H,1,6-7,28H2,2-5H3. The largest absolute Gasteiger partial charge is 0.457 e. The summed E-state index contributed by atoms with van der Waals surface area (Å²) < 4.78 is 106. The van der Waals surface area contributed by atoms with Crippen LogP contribution in [0.15, 0.2) is 176 Å². The maximum Gasteiger partial charge on any atom is 0.402 e. The SMILES string of the molecule is C=C(C)C(=O)Oc1ccc(-c2cc(N3C(=O)c4ccc(C(C)(c5ccc6c(c5)C(=O)N(C)C6=O)C(F)(F)F)cc4C3=O)cc(N3C(=O)c4ccc(C(C)(c5ccc6c(c5)C(=O)N(c5ccc(Oc7ccc(CC8CC8)cc7)cc5)C6=O)C(F)(F)F)cc4C3=O)c2)cc1. The van der Waals surface area contributed by atoms with Gasteiger partial charge in [-0.05, 0) is 200 Å². The summed E-state index contributed by atoms with van der Waals surface area (Å²) in [5, 5.41) is 0. The van der Waals surface area contributed by atoms with E-state index in [0.29, 0.717) is 27.2 Å². The Morgan fingerprint density at radius 1 is 0.435 bits per heavy atom. The van der Waals surface area contributed by atoms with Crippen molar-refractivity contribution in [1.29, 1.82) is 0 Å². The van der Waals surface area contributed by atoms with E-state index in [1.807, 2.05) is 24.3 Å². The monoisotopic (exact) mass is 1250 g/mol. The molecule has 2 unspecified atom stereocenters. The van der Waals surface area contributed by atoms with E-state index < -0.39 is 110 Å². The molecule has 13 rings (SSSR count). The van der Waals surface area contributed by atoms with E-state index in [4.69, 9.17) is 9.47 Å². The Labute approximate surface area is 519 Å². The van der Waals surface area contributed by atoms with E-state index in [2.05, 4.69) is 6.58 Å². The second kappa shape index (κ2) is 21.3. The number of alkyl halides is 6. The zero-order valence-electron chi connectivity index (χ0n) is 49.0. The lowest BCUT2D eigenvalue weighted by Gasteiger charge is -2.33. The van der Waals surface area contributed by atoms with Crippen molar-refractivity contribution < 1.29 is 79.0 Å². The Morgan fingerprint density at radius 2 is 0.783 bits per heavy atom. The molecule has 460 valence electrons. The highest BCUT2D eigenvalue weighted by atomic mass is 19.4. The van der Waals surface area contributed by atoms with Crippen molar-refractivity contribution in [3.63, 3.8) is 0 Å². The van der Waals surface area contributed by atoms with Gasteiger partial charge in [0.05, 0.1) is 61.6 Å². The average molecular weight is 1250 g/mol. The first-order valence-electron chi connectivity index (χ1n) is 28.8.